The van der Waals surface area contributed by atoms with Crippen LogP contribution in [0.2, 0.25) is 0 Å². The highest BCUT2D eigenvalue weighted by Gasteiger charge is 2.45. The molecule has 0 atom stereocenters. The van der Waals surface area contributed by atoms with Gasteiger partial charge in [0.2, 0.25) is 5.69 Å². The lowest BCUT2D eigenvalue weighted by Crippen LogP contribution is -2.32. The Balaban J connectivity index is 1.69. The Morgan fingerprint density at radius 3 is 2.15 bits per heavy atom. The molecule has 2 nitrogen and oxygen atoms in total. The molecule has 2 heterocycles. The molecule has 1 aliphatic carbocycles. The first-order valence-corrected chi connectivity index (χ1v) is 15.1. The third-order valence-corrected chi connectivity index (χ3v) is 9.15. The Labute approximate surface area is 240 Å². The molecule has 0 bridgehead atoms. The second-order valence-electron chi connectivity index (χ2n) is 13.5. The standard InChI is InChI=1S/C38H44NO/c1-22(2)19-38(20-23(3)4)30-13-11-10-12-27(30)35-31(38)16-17-33-36(35)28-15-14-25(7)34(37(28)40-33)32-18-26(8)29(24(5)6)21-39(32)9/h10-18,21-24H,19-20H2,1-9H3/q+1. The molecule has 5 aromatic rings. The van der Waals surface area contributed by atoms with Gasteiger partial charge in [-0.25, -0.2) is 4.57 Å². The van der Waals surface area contributed by atoms with Crippen molar-refractivity contribution >= 4 is 21.9 Å². The SMILES string of the molecule is Cc1cc(-c2c(C)ccc3c2oc2ccc4c(c23)-c2ccccc2C4(CC(C)C)CC(C)C)[n+](C)cc1C(C)C. The minimum Gasteiger partial charge on any atom is -0.455 e. The molecule has 206 valence electrons. The van der Waals surface area contributed by atoms with Gasteiger partial charge in [-0.05, 0) is 83.9 Å². The number of benzene rings is 3. The van der Waals surface area contributed by atoms with Crippen LogP contribution in [0.1, 0.15) is 88.1 Å². The van der Waals surface area contributed by atoms with E-state index in [1.165, 1.54) is 61.0 Å². The van der Waals surface area contributed by atoms with E-state index in [1.54, 1.807) is 0 Å². The van der Waals surface area contributed by atoms with E-state index < -0.39 is 0 Å². The van der Waals surface area contributed by atoms with Crippen LogP contribution in [0, 0.1) is 25.7 Å². The summed E-state index contributed by atoms with van der Waals surface area (Å²) < 4.78 is 9.13. The Bertz CT molecular complexity index is 1750. The minimum atomic E-state index is 0.0236. The maximum atomic E-state index is 6.85. The zero-order chi connectivity index (χ0) is 28.5. The second kappa shape index (κ2) is 9.61. The minimum absolute atomic E-state index is 0.0236. The molecule has 3 aromatic carbocycles. The van der Waals surface area contributed by atoms with Gasteiger partial charge in [-0.15, -0.1) is 0 Å². The van der Waals surface area contributed by atoms with Crippen molar-refractivity contribution in [2.45, 2.75) is 79.6 Å². The summed E-state index contributed by atoms with van der Waals surface area (Å²) in [6.07, 6.45) is 4.60. The maximum Gasteiger partial charge on any atom is 0.216 e. The van der Waals surface area contributed by atoms with Gasteiger partial charge in [0.25, 0.3) is 0 Å². The van der Waals surface area contributed by atoms with Crippen LogP contribution >= 0.6 is 0 Å². The molecule has 2 heteroatoms. The van der Waals surface area contributed by atoms with Crippen LogP contribution in [-0.4, -0.2) is 0 Å². The molecule has 40 heavy (non-hydrogen) atoms. The molecule has 0 radical (unpaired) electrons. The third kappa shape index (κ3) is 3.94. The highest BCUT2D eigenvalue weighted by Crippen LogP contribution is 2.58. The number of nitrogens with zero attached hydrogens (tertiary/aromatic N) is 1. The van der Waals surface area contributed by atoms with Crippen LogP contribution in [0.25, 0.3) is 44.3 Å². The first-order chi connectivity index (χ1) is 19.0. The summed E-state index contributed by atoms with van der Waals surface area (Å²) >= 11 is 0. The largest absolute Gasteiger partial charge is 0.455 e. The van der Waals surface area contributed by atoms with Gasteiger partial charge in [0, 0.05) is 27.8 Å². The summed E-state index contributed by atoms with van der Waals surface area (Å²) in [6, 6.07) is 20.7. The van der Waals surface area contributed by atoms with Crippen molar-refractivity contribution in [2.24, 2.45) is 18.9 Å². The first kappa shape index (κ1) is 26.8. The predicted octanol–water partition coefficient (Wildman–Crippen LogP) is 10.2. The fourth-order valence-electron chi connectivity index (χ4n) is 7.83. The van der Waals surface area contributed by atoms with Crippen molar-refractivity contribution in [2.75, 3.05) is 0 Å². The van der Waals surface area contributed by atoms with Crippen LogP contribution in [0.4, 0.5) is 0 Å². The van der Waals surface area contributed by atoms with E-state index in [2.05, 4.69) is 128 Å². The fourth-order valence-corrected chi connectivity index (χ4v) is 7.83. The number of rotatable bonds is 6. The Morgan fingerprint density at radius 2 is 1.48 bits per heavy atom. The maximum absolute atomic E-state index is 6.85. The molecule has 0 unspecified atom stereocenters. The van der Waals surface area contributed by atoms with Crippen LogP contribution < -0.4 is 4.57 Å². The second-order valence-corrected chi connectivity index (χ2v) is 13.5. The number of hydrogen-bond donors (Lipinski definition) is 0. The summed E-state index contributed by atoms with van der Waals surface area (Å²) in [5, 5.41) is 2.49. The van der Waals surface area contributed by atoms with E-state index in [1.807, 2.05) is 0 Å². The van der Waals surface area contributed by atoms with Crippen molar-refractivity contribution in [3.05, 3.63) is 88.6 Å². The van der Waals surface area contributed by atoms with Crippen molar-refractivity contribution in [3.8, 4) is 22.4 Å². The topological polar surface area (TPSA) is 17.0 Å². The highest BCUT2D eigenvalue weighted by atomic mass is 16.3. The highest BCUT2D eigenvalue weighted by molar-refractivity contribution is 6.17. The number of furan rings is 1. The molecule has 0 aliphatic heterocycles. The molecule has 0 fully saturated rings. The number of aryl methyl sites for hydroxylation is 3. The lowest BCUT2D eigenvalue weighted by atomic mass is 9.68. The molecule has 0 N–H and O–H groups in total. The Hall–Kier alpha value is -3.39. The quantitative estimate of drug-likeness (QED) is 0.200. The summed E-state index contributed by atoms with van der Waals surface area (Å²) in [5.74, 6) is 1.68. The van der Waals surface area contributed by atoms with E-state index in [4.69, 9.17) is 4.42 Å². The number of pyridine rings is 1. The van der Waals surface area contributed by atoms with Crippen LogP contribution in [0.3, 0.4) is 0 Å². The first-order valence-electron chi connectivity index (χ1n) is 15.1. The number of hydrogen-bond acceptors (Lipinski definition) is 1. The summed E-state index contributed by atoms with van der Waals surface area (Å²) in [7, 11) is 2.17. The van der Waals surface area contributed by atoms with Gasteiger partial charge in [-0.2, -0.15) is 0 Å². The van der Waals surface area contributed by atoms with E-state index in [0.717, 1.165) is 24.0 Å². The number of aromatic nitrogens is 1. The van der Waals surface area contributed by atoms with Gasteiger partial charge in [0.1, 0.15) is 18.2 Å². The number of fused-ring (bicyclic) bond motifs is 7. The Morgan fingerprint density at radius 1 is 0.775 bits per heavy atom. The van der Waals surface area contributed by atoms with Gasteiger partial charge in [0.05, 0.1) is 5.56 Å². The van der Waals surface area contributed by atoms with Crippen LogP contribution in [0.15, 0.2) is 65.2 Å². The van der Waals surface area contributed by atoms with E-state index in [9.17, 15) is 0 Å². The van der Waals surface area contributed by atoms with Gasteiger partial charge in [-0.1, -0.05) is 84.0 Å². The van der Waals surface area contributed by atoms with Gasteiger partial charge in [-0.3, -0.25) is 0 Å². The zero-order valence-electron chi connectivity index (χ0n) is 25.8. The lowest BCUT2D eigenvalue weighted by molar-refractivity contribution is -0.660. The summed E-state index contributed by atoms with van der Waals surface area (Å²) in [4.78, 5) is 0. The summed E-state index contributed by atoms with van der Waals surface area (Å²) in [5.41, 5.74) is 14.1. The monoisotopic (exact) mass is 530 g/mol. The predicted molar refractivity (Wildman–Crippen MR) is 169 cm³/mol. The van der Waals surface area contributed by atoms with Gasteiger partial charge >= 0.3 is 0 Å². The lowest BCUT2D eigenvalue weighted by Gasteiger charge is -2.35. The molecular formula is C38H44NO+. The molecule has 1 aliphatic rings. The van der Waals surface area contributed by atoms with E-state index in [0.29, 0.717) is 17.8 Å². The van der Waals surface area contributed by atoms with Crippen LogP contribution in [0.5, 0.6) is 0 Å². The average molecular weight is 531 g/mol. The van der Waals surface area contributed by atoms with Crippen molar-refractivity contribution in [3.63, 3.8) is 0 Å². The molecule has 2 aromatic heterocycles. The van der Waals surface area contributed by atoms with Gasteiger partial charge in [0.15, 0.2) is 6.20 Å². The van der Waals surface area contributed by atoms with Crippen molar-refractivity contribution in [1.29, 1.82) is 0 Å². The molecule has 0 spiro atoms. The third-order valence-electron chi connectivity index (χ3n) is 9.15. The zero-order valence-corrected chi connectivity index (χ0v) is 25.8. The van der Waals surface area contributed by atoms with E-state index >= 15 is 0 Å². The molecule has 0 amide bonds. The smallest absolute Gasteiger partial charge is 0.216 e. The van der Waals surface area contributed by atoms with Crippen molar-refractivity contribution in [1.82, 2.24) is 0 Å². The molecule has 0 saturated carbocycles. The van der Waals surface area contributed by atoms with Crippen molar-refractivity contribution < 1.29 is 8.98 Å². The normalized spacial score (nSPS) is 14.2. The molecule has 6 rings (SSSR count). The Kier molecular flexibility index (Phi) is 6.44. The van der Waals surface area contributed by atoms with Crippen LogP contribution in [-0.2, 0) is 12.5 Å². The molecule has 0 saturated heterocycles. The summed E-state index contributed by atoms with van der Waals surface area (Å²) in [6.45, 7) is 18.5. The molecular weight excluding hydrogens is 486 g/mol. The van der Waals surface area contributed by atoms with Gasteiger partial charge < -0.3 is 4.42 Å². The van der Waals surface area contributed by atoms with E-state index in [-0.39, 0.29) is 5.41 Å². The average Bonchev–Trinajstić information content (AvgIpc) is 3.38. The fraction of sp³-hybridized carbons (Fsp3) is 0.395.